The van der Waals surface area contributed by atoms with Gasteiger partial charge in [-0.2, -0.15) is 0 Å². The molecule has 6 heteroatoms. The first-order valence-electron chi connectivity index (χ1n) is 6.06. The Balaban J connectivity index is 1.85. The molecule has 1 atom stereocenters. The molecule has 3 heterocycles. The lowest BCUT2D eigenvalue weighted by molar-refractivity contribution is 0.533. The molecule has 0 aliphatic heterocycles. The molecule has 0 aliphatic rings. The van der Waals surface area contributed by atoms with Gasteiger partial charge in [0.1, 0.15) is 0 Å². The summed E-state index contributed by atoms with van der Waals surface area (Å²) in [5.41, 5.74) is 5.95. The fourth-order valence-corrected chi connectivity index (χ4v) is 2.80. The highest BCUT2D eigenvalue weighted by molar-refractivity contribution is 7.15. The van der Waals surface area contributed by atoms with Crippen LogP contribution in [0, 0.1) is 6.92 Å². The molecule has 0 aliphatic carbocycles. The molecule has 1 unspecified atom stereocenters. The lowest BCUT2D eigenvalue weighted by atomic mass is 10.1. The first-order chi connectivity index (χ1) is 9.26. The maximum Gasteiger partial charge on any atom is 0.193 e. The monoisotopic (exact) mass is 273 g/mol. The summed E-state index contributed by atoms with van der Waals surface area (Å²) in [6.45, 7) is 2.05. The largest absolute Gasteiger partial charge is 0.297 e. The molecule has 19 heavy (non-hydrogen) atoms. The molecule has 0 spiro atoms. The molecule has 3 aromatic heterocycles. The highest BCUT2D eigenvalue weighted by Crippen LogP contribution is 2.18. The lowest BCUT2D eigenvalue weighted by Gasteiger charge is -2.14. The molecule has 0 fully saturated rings. The van der Waals surface area contributed by atoms with Gasteiger partial charge in [0.05, 0.1) is 17.4 Å². The SMILES string of the molecule is Cc1ccnc(C(Cc2cn3ccsc3n2)NN)c1. The van der Waals surface area contributed by atoms with E-state index in [9.17, 15) is 0 Å². The van der Waals surface area contributed by atoms with Crippen LogP contribution < -0.4 is 11.3 Å². The zero-order valence-corrected chi connectivity index (χ0v) is 11.4. The van der Waals surface area contributed by atoms with Crippen LogP contribution >= 0.6 is 11.3 Å². The van der Waals surface area contributed by atoms with Crippen LogP contribution in [0.1, 0.15) is 23.0 Å². The Kier molecular flexibility index (Phi) is 3.29. The molecule has 3 aromatic rings. The molecule has 0 saturated heterocycles. The van der Waals surface area contributed by atoms with Crippen molar-refractivity contribution in [1.29, 1.82) is 0 Å². The van der Waals surface area contributed by atoms with Crippen LogP contribution in [0.15, 0.2) is 36.1 Å². The number of thiazole rings is 1. The molecular weight excluding hydrogens is 258 g/mol. The van der Waals surface area contributed by atoms with Gasteiger partial charge >= 0.3 is 0 Å². The van der Waals surface area contributed by atoms with Gasteiger partial charge in [0.25, 0.3) is 0 Å². The van der Waals surface area contributed by atoms with Crippen LogP contribution in [0.2, 0.25) is 0 Å². The van der Waals surface area contributed by atoms with E-state index in [1.54, 1.807) is 17.5 Å². The fraction of sp³-hybridized carbons (Fsp3) is 0.231. The summed E-state index contributed by atoms with van der Waals surface area (Å²) in [6.07, 6.45) is 6.57. The maximum atomic E-state index is 5.65. The fourth-order valence-electron chi connectivity index (χ4n) is 2.08. The summed E-state index contributed by atoms with van der Waals surface area (Å²) in [6, 6.07) is 4.00. The maximum absolute atomic E-state index is 5.65. The van der Waals surface area contributed by atoms with E-state index in [-0.39, 0.29) is 6.04 Å². The summed E-state index contributed by atoms with van der Waals surface area (Å²) in [5, 5.41) is 2.02. The Morgan fingerprint density at radius 3 is 3.16 bits per heavy atom. The van der Waals surface area contributed by atoms with Crippen molar-refractivity contribution in [2.75, 3.05) is 0 Å². The van der Waals surface area contributed by atoms with Crippen molar-refractivity contribution >= 4 is 16.3 Å². The number of nitrogens with two attached hydrogens (primary N) is 1. The predicted octanol–water partition coefficient (Wildman–Crippen LogP) is 1.85. The van der Waals surface area contributed by atoms with Gasteiger partial charge in [0.2, 0.25) is 0 Å². The van der Waals surface area contributed by atoms with E-state index in [1.165, 1.54) is 5.56 Å². The number of pyridine rings is 1. The van der Waals surface area contributed by atoms with Crippen molar-refractivity contribution in [3.63, 3.8) is 0 Å². The van der Waals surface area contributed by atoms with Crippen LogP contribution in [0.4, 0.5) is 0 Å². The number of imidazole rings is 1. The predicted molar refractivity (Wildman–Crippen MR) is 75.8 cm³/mol. The molecule has 3 rings (SSSR count). The summed E-state index contributed by atoms with van der Waals surface area (Å²) < 4.78 is 2.03. The number of hydrazine groups is 1. The van der Waals surface area contributed by atoms with E-state index in [2.05, 4.69) is 15.4 Å². The summed E-state index contributed by atoms with van der Waals surface area (Å²) in [5.74, 6) is 5.65. The molecule has 0 amide bonds. The van der Waals surface area contributed by atoms with Crippen LogP contribution in [0.5, 0.6) is 0 Å². The Bertz CT molecular complexity index is 658. The molecule has 5 nitrogen and oxygen atoms in total. The van der Waals surface area contributed by atoms with Gasteiger partial charge in [-0.3, -0.25) is 20.7 Å². The molecule has 0 saturated carbocycles. The van der Waals surface area contributed by atoms with Gasteiger partial charge < -0.3 is 0 Å². The topological polar surface area (TPSA) is 68.2 Å². The Morgan fingerprint density at radius 1 is 1.53 bits per heavy atom. The first-order valence-corrected chi connectivity index (χ1v) is 6.94. The second-order valence-electron chi connectivity index (χ2n) is 4.51. The second kappa shape index (κ2) is 5.08. The third-order valence-corrected chi connectivity index (χ3v) is 3.82. The highest BCUT2D eigenvalue weighted by Gasteiger charge is 2.14. The van der Waals surface area contributed by atoms with Crippen molar-refractivity contribution in [3.05, 3.63) is 53.1 Å². The third-order valence-electron chi connectivity index (χ3n) is 3.05. The van der Waals surface area contributed by atoms with Gasteiger partial charge in [-0.1, -0.05) is 0 Å². The number of fused-ring (bicyclic) bond motifs is 1. The quantitative estimate of drug-likeness (QED) is 0.562. The van der Waals surface area contributed by atoms with E-state index in [1.807, 2.05) is 41.2 Å². The average Bonchev–Trinajstić information content (AvgIpc) is 2.96. The summed E-state index contributed by atoms with van der Waals surface area (Å²) in [7, 11) is 0. The van der Waals surface area contributed by atoms with E-state index in [4.69, 9.17) is 5.84 Å². The van der Waals surface area contributed by atoms with Crippen LogP contribution in [0.3, 0.4) is 0 Å². The number of hydrogen-bond acceptors (Lipinski definition) is 5. The van der Waals surface area contributed by atoms with Crippen molar-refractivity contribution in [2.45, 2.75) is 19.4 Å². The smallest absolute Gasteiger partial charge is 0.193 e. The number of hydrogen-bond donors (Lipinski definition) is 2. The first kappa shape index (κ1) is 12.3. The van der Waals surface area contributed by atoms with Gasteiger partial charge in [-0.15, -0.1) is 11.3 Å². The summed E-state index contributed by atoms with van der Waals surface area (Å²) in [4.78, 5) is 9.94. The Hall–Kier alpha value is -1.76. The average molecular weight is 273 g/mol. The third kappa shape index (κ3) is 2.51. The normalized spacial score (nSPS) is 12.9. The zero-order valence-electron chi connectivity index (χ0n) is 10.6. The van der Waals surface area contributed by atoms with Gasteiger partial charge in [-0.05, 0) is 24.6 Å². The molecule has 0 radical (unpaired) electrons. The minimum absolute atomic E-state index is 0.0236. The molecular formula is C13H15N5S. The van der Waals surface area contributed by atoms with Crippen LogP contribution in [-0.4, -0.2) is 14.4 Å². The van der Waals surface area contributed by atoms with E-state index < -0.39 is 0 Å². The number of aromatic nitrogens is 3. The molecule has 0 aromatic carbocycles. The number of rotatable bonds is 4. The van der Waals surface area contributed by atoms with Crippen LogP contribution in [-0.2, 0) is 6.42 Å². The second-order valence-corrected chi connectivity index (χ2v) is 5.38. The lowest BCUT2D eigenvalue weighted by Crippen LogP contribution is -2.30. The highest BCUT2D eigenvalue weighted by atomic mass is 32.1. The van der Waals surface area contributed by atoms with E-state index >= 15 is 0 Å². The molecule has 0 bridgehead atoms. The number of nitrogens with one attached hydrogen (secondary N) is 1. The minimum atomic E-state index is -0.0236. The zero-order chi connectivity index (χ0) is 13.2. The van der Waals surface area contributed by atoms with Gasteiger partial charge in [-0.25, -0.2) is 4.98 Å². The summed E-state index contributed by atoms with van der Waals surface area (Å²) >= 11 is 1.63. The van der Waals surface area contributed by atoms with Crippen LogP contribution in [0.25, 0.3) is 4.96 Å². The Morgan fingerprint density at radius 2 is 2.42 bits per heavy atom. The van der Waals surface area contributed by atoms with Crippen molar-refractivity contribution in [1.82, 2.24) is 19.8 Å². The minimum Gasteiger partial charge on any atom is -0.297 e. The molecule has 98 valence electrons. The van der Waals surface area contributed by atoms with E-state index in [0.717, 1.165) is 22.8 Å². The van der Waals surface area contributed by atoms with Crippen molar-refractivity contribution < 1.29 is 0 Å². The van der Waals surface area contributed by atoms with Gasteiger partial charge in [0, 0.05) is 30.4 Å². The van der Waals surface area contributed by atoms with Gasteiger partial charge in [0.15, 0.2) is 4.96 Å². The van der Waals surface area contributed by atoms with E-state index in [0.29, 0.717) is 0 Å². The van der Waals surface area contributed by atoms with Crippen molar-refractivity contribution in [2.24, 2.45) is 5.84 Å². The number of nitrogens with zero attached hydrogens (tertiary/aromatic N) is 3. The Labute approximate surface area is 115 Å². The number of aryl methyl sites for hydroxylation is 1. The van der Waals surface area contributed by atoms with Crippen molar-refractivity contribution in [3.8, 4) is 0 Å². The standard InChI is InChI=1S/C13H15N5S/c1-9-2-3-15-11(6-9)12(17-14)7-10-8-18-4-5-19-13(18)16-10/h2-6,8,12,17H,7,14H2,1H3. The molecule has 3 N–H and O–H groups in total.